The number of hydrogen-bond donors (Lipinski definition) is 0. The summed E-state index contributed by atoms with van der Waals surface area (Å²) in [5.41, 5.74) is 0. The van der Waals surface area contributed by atoms with Gasteiger partial charge in [-0.2, -0.15) is 0 Å². The first-order chi connectivity index (χ1) is 3.41. The molecule has 0 aliphatic heterocycles. The first-order valence-electron chi connectivity index (χ1n) is 1.22. The molecule has 0 aliphatic rings. The summed E-state index contributed by atoms with van der Waals surface area (Å²) in [6.45, 7) is 0. The third-order valence-corrected chi connectivity index (χ3v) is 0. The van der Waals surface area contributed by atoms with Crippen LogP contribution in [0.15, 0.2) is 0 Å². The Morgan fingerprint density at radius 1 is 0.750 bits per heavy atom. The topological polar surface area (TPSA) is 126 Å². The van der Waals surface area contributed by atoms with E-state index in [0.29, 0.717) is 0 Å². The van der Waals surface area contributed by atoms with E-state index in [1.165, 1.54) is 0 Å². The van der Waals surface area contributed by atoms with Crippen LogP contribution in [0.2, 0.25) is 0 Å². The van der Waals surface area contributed by atoms with Crippen LogP contribution in [0.5, 0.6) is 0 Å². The summed E-state index contributed by atoms with van der Waals surface area (Å²) in [6, 6.07) is 0. The molecule has 0 atom stereocenters. The molecule has 12 heavy (non-hydrogen) atoms. The van der Waals surface area contributed by atoms with Crippen molar-refractivity contribution >= 4 is 9.05 Å². The van der Waals surface area contributed by atoms with Gasteiger partial charge in [-0.3, -0.25) is 0 Å². The van der Waals surface area contributed by atoms with Crippen molar-refractivity contribution in [2.45, 2.75) is 0 Å². The molecule has 0 heterocycles. The third-order valence-electron chi connectivity index (χ3n) is 0. The summed E-state index contributed by atoms with van der Waals surface area (Å²) in [6.07, 6.45) is 0. The molecular weight excluding hydrogens is 243 g/mol. The Hall–Kier alpha value is 2.93. The molecule has 0 unspecified atom stereocenters. The fourth-order valence-electron chi connectivity index (χ4n) is 0. The average molecular weight is 243 g/mol. The van der Waals surface area contributed by atoms with Crippen LogP contribution in [0, 0.1) is 0 Å². The van der Waals surface area contributed by atoms with Gasteiger partial charge < -0.3 is 28.2 Å². The summed E-state index contributed by atoms with van der Waals surface area (Å²) in [5, 5.41) is 0. The predicted molar refractivity (Wildman–Crippen MR) is 7.13 cm³/mol. The predicted octanol–water partition coefficient (Wildman–Crippen LogP) is -17.4. The van der Waals surface area contributed by atoms with Gasteiger partial charge in [-0.25, -0.2) is 0 Å². The Balaban J connectivity index is -0.0000000119. The van der Waals surface area contributed by atoms with Gasteiger partial charge in [0.05, 0.1) is 0 Å². The van der Waals surface area contributed by atoms with E-state index in [-0.39, 0.29) is 75.4 Å². The fraction of sp³-hybridized carbons (Fsp3) is 0. The van der Waals surface area contributed by atoms with Crippen LogP contribution in [-0.2, 0) is 28.9 Å². The van der Waals surface area contributed by atoms with Crippen molar-refractivity contribution in [2.75, 3.05) is 0 Å². The van der Waals surface area contributed by atoms with E-state index in [9.17, 15) is 0 Å². The second-order valence-electron chi connectivity index (χ2n) is 0.583. The summed E-state index contributed by atoms with van der Waals surface area (Å²) < 4.78 is 17.1. The van der Waals surface area contributed by atoms with Crippen LogP contribution >= 0.6 is 0 Å². The van der Waals surface area contributed by atoms with Gasteiger partial charge in [-0.1, -0.05) is 0 Å². The van der Waals surface area contributed by atoms with E-state index >= 15 is 0 Å². The Kier molecular flexibility index (Phi) is 71.5. The molecule has 0 spiro atoms. The van der Waals surface area contributed by atoms with Crippen molar-refractivity contribution in [1.29, 1.82) is 0 Å². The Labute approximate surface area is 131 Å². The normalized spacial score (nSPS) is 5.67. The third kappa shape index (κ3) is 214. The SMILES string of the molecule is [Li+].[Li+].[Li+].[Li+].[O-][Si]([O-])([O-])[O-].[O]=[Zr]=[O]. The molecule has 0 aromatic carbocycles. The number of hydrogen-bond acceptors (Lipinski definition) is 6. The molecule has 0 aromatic heterocycles. The van der Waals surface area contributed by atoms with Crippen LogP contribution in [0.25, 0.3) is 0 Å². The van der Waals surface area contributed by atoms with Crippen molar-refractivity contribution in [2.24, 2.45) is 0 Å². The second-order valence-corrected chi connectivity index (χ2v) is 1.99. The first kappa shape index (κ1) is 36.3. The van der Waals surface area contributed by atoms with E-state index in [2.05, 4.69) is 0 Å². The van der Waals surface area contributed by atoms with Gasteiger partial charge in [0.25, 0.3) is 0 Å². The van der Waals surface area contributed by atoms with Gasteiger partial charge in [0.15, 0.2) is 0 Å². The molecule has 12 heteroatoms. The van der Waals surface area contributed by atoms with Gasteiger partial charge in [-0.15, -0.1) is 0 Å². The minimum atomic E-state index is -5.61. The summed E-state index contributed by atoms with van der Waals surface area (Å²) >= 11 is -2.27. The van der Waals surface area contributed by atoms with Crippen LogP contribution in [0.4, 0.5) is 0 Å². The molecule has 0 N–H and O–H groups in total. The summed E-state index contributed by atoms with van der Waals surface area (Å²) in [4.78, 5) is 34.3. The van der Waals surface area contributed by atoms with E-state index in [0.717, 1.165) is 0 Å². The van der Waals surface area contributed by atoms with E-state index in [1.54, 1.807) is 0 Å². The van der Waals surface area contributed by atoms with Crippen molar-refractivity contribution in [3.05, 3.63) is 0 Å². The van der Waals surface area contributed by atoms with Crippen LogP contribution in [0.3, 0.4) is 0 Å². The van der Waals surface area contributed by atoms with Gasteiger partial charge in [-0.05, 0) is 0 Å². The second kappa shape index (κ2) is 23.6. The fourth-order valence-corrected chi connectivity index (χ4v) is 0. The van der Waals surface area contributed by atoms with E-state index < -0.39 is 32.3 Å². The molecule has 0 aromatic rings. The van der Waals surface area contributed by atoms with Crippen molar-refractivity contribution in [1.82, 2.24) is 0 Å². The van der Waals surface area contributed by atoms with Crippen molar-refractivity contribution in [3.8, 4) is 0 Å². The molecule has 0 amide bonds. The molecule has 6 nitrogen and oxygen atoms in total. The van der Waals surface area contributed by atoms with Crippen molar-refractivity contribution in [3.63, 3.8) is 0 Å². The van der Waals surface area contributed by atoms with Crippen molar-refractivity contribution < 1.29 is 123 Å². The molecular formula is Li4O6SiZr. The minimum absolute atomic E-state index is 0. The van der Waals surface area contributed by atoms with Gasteiger partial charge in [0, 0.05) is 0 Å². The maximum atomic E-state index is 8.58. The molecule has 0 rings (SSSR count). The molecule has 48 valence electrons. The summed E-state index contributed by atoms with van der Waals surface area (Å²) in [7, 11) is -5.61. The summed E-state index contributed by atoms with van der Waals surface area (Å²) in [5.74, 6) is 0. The molecule has 0 fully saturated rings. The van der Waals surface area contributed by atoms with Gasteiger partial charge in [0.2, 0.25) is 0 Å². The quantitative estimate of drug-likeness (QED) is 0.389. The molecule has 0 radical (unpaired) electrons. The average Bonchev–Trinajstić information content (AvgIpc) is 1.27. The van der Waals surface area contributed by atoms with Crippen LogP contribution < -0.4 is 94.6 Å². The zero-order chi connectivity index (χ0) is 7.21. The van der Waals surface area contributed by atoms with Gasteiger partial charge >= 0.3 is 104 Å². The monoisotopic (exact) mass is 242 g/mol. The van der Waals surface area contributed by atoms with Gasteiger partial charge in [0.1, 0.15) is 0 Å². The Morgan fingerprint density at radius 2 is 0.750 bits per heavy atom. The standard InChI is InChI=1S/4Li.O4Si.2O.Zr/c;;;;1-5(2,3)4;;;/q4*+1;-4;;;. The van der Waals surface area contributed by atoms with Crippen LogP contribution in [0.1, 0.15) is 0 Å². The van der Waals surface area contributed by atoms with E-state index in [1.807, 2.05) is 0 Å². The molecule has 0 aliphatic carbocycles. The number of rotatable bonds is 0. The maximum absolute atomic E-state index is 8.58. The van der Waals surface area contributed by atoms with Crippen LogP contribution in [-0.4, -0.2) is 9.05 Å². The Bertz CT molecular complexity index is 80.0. The zero-order valence-corrected chi connectivity index (χ0v) is 10.9. The zero-order valence-electron chi connectivity index (χ0n) is 7.45. The molecule has 0 bridgehead atoms. The van der Waals surface area contributed by atoms with E-state index in [4.69, 9.17) is 24.8 Å². The molecule has 0 saturated carbocycles. The Morgan fingerprint density at radius 3 is 0.750 bits per heavy atom. The first-order valence-corrected chi connectivity index (χ1v) is 4.86. The molecule has 0 saturated heterocycles.